The molecule has 0 heterocycles. The van der Waals surface area contributed by atoms with Crippen molar-refractivity contribution in [2.24, 2.45) is 0 Å². The zero-order valence-electron chi connectivity index (χ0n) is 9.78. The highest BCUT2D eigenvalue weighted by Crippen LogP contribution is 2.31. The molecule has 0 atom stereocenters. The predicted molar refractivity (Wildman–Crippen MR) is 60.8 cm³/mol. The van der Waals surface area contributed by atoms with E-state index in [2.05, 4.69) is 0 Å². The van der Waals surface area contributed by atoms with Crippen LogP contribution in [-0.4, -0.2) is 25.3 Å². The van der Waals surface area contributed by atoms with E-state index in [1.807, 2.05) is 0 Å². The van der Waals surface area contributed by atoms with Crippen molar-refractivity contribution in [2.75, 3.05) is 14.2 Å². The van der Waals surface area contributed by atoms with Gasteiger partial charge >= 0.3 is 5.97 Å². The largest absolute Gasteiger partial charge is 0.493 e. The SMILES string of the molecule is COc1cc(C=C(C)C(=O)O)cc(F)c1OC. The number of rotatable bonds is 4. The molecule has 0 spiro atoms. The van der Waals surface area contributed by atoms with E-state index in [4.69, 9.17) is 14.6 Å². The third-order valence-electron chi connectivity index (χ3n) is 2.18. The second-order valence-electron chi connectivity index (χ2n) is 3.37. The summed E-state index contributed by atoms with van der Waals surface area (Å²) in [5, 5.41) is 8.72. The van der Waals surface area contributed by atoms with E-state index in [1.165, 1.54) is 39.4 Å². The van der Waals surface area contributed by atoms with Crippen LogP contribution in [0.3, 0.4) is 0 Å². The van der Waals surface area contributed by atoms with Gasteiger partial charge in [-0.1, -0.05) is 0 Å². The van der Waals surface area contributed by atoms with E-state index >= 15 is 0 Å². The summed E-state index contributed by atoms with van der Waals surface area (Å²) in [4.78, 5) is 10.6. The molecule has 1 N–H and O–H groups in total. The van der Waals surface area contributed by atoms with Crippen LogP contribution in [0.4, 0.5) is 4.39 Å². The third kappa shape index (κ3) is 2.96. The van der Waals surface area contributed by atoms with Crippen molar-refractivity contribution in [1.29, 1.82) is 0 Å². The van der Waals surface area contributed by atoms with Crippen molar-refractivity contribution in [3.63, 3.8) is 0 Å². The first-order valence-electron chi connectivity index (χ1n) is 4.82. The first-order chi connectivity index (χ1) is 7.99. The second kappa shape index (κ2) is 5.34. The molecule has 4 nitrogen and oxygen atoms in total. The molecule has 0 fully saturated rings. The number of ether oxygens (including phenoxy) is 2. The van der Waals surface area contributed by atoms with Gasteiger partial charge in [0.2, 0.25) is 0 Å². The van der Waals surface area contributed by atoms with E-state index in [1.54, 1.807) is 0 Å². The van der Waals surface area contributed by atoms with Gasteiger partial charge in [0.1, 0.15) is 0 Å². The summed E-state index contributed by atoms with van der Waals surface area (Å²) < 4.78 is 23.4. The lowest BCUT2D eigenvalue weighted by molar-refractivity contribution is -0.132. The summed E-state index contributed by atoms with van der Waals surface area (Å²) >= 11 is 0. The lowest BCUT2D eigenvalue weighted by Crippen LogP contribution is -1.97. The maximum Gasteiger partial charge on any atom is 0.331 e. The highest BCUT2D eigenvalue weighted by molar-refractivity contribution is 5.91. The molecule has 0 aliphatic heterocycles. The van der Waals surface area contributed by atoms with E-state index in [0.29, 0.717) is 5.56 Å². The van der Waals surface area contributed by atoms with E-state index in [0.717, 1.165) is 0 Å². The van der Waals surface area contributed by atoms with Crippen LogP contribution in [0.1, 0.15) is 12.5 Å². The average molecular weight is 240 g/mol. The normalized spacial score (nSPS) is 11.2. The smallest absolute Gasteiger partial charge is 0.331 e. The minimum absolute atomic E-state index is 0.00220. The summed E-state index contributed by atoms with van der Waals surface area (Å²) in [6.45, 7) is 1.43. The van der Waals surface area contributed by atoms with Crippen molar-refractivity contribution in [2.45, 2.75) is 6.92 Å². The molecular weight excluding hydrogens is 227 g/mol. The molecule has 1 aromatic carbocycles. The Bertz CT molecular complexity index is 466. The summed E-state index contributed by atoms with van der Waals surface area (Å²) in [7, 11) is 2.72. The fourth-order valence-corrected chi connectivity index (χ4v) is 1.33. The van der Waals surface area contributed by atoms with Crippen LogP contribution < -0.4 is 9.47 Å². The lowest BCUT2D eigenvalue weighted by Gasteiger charge is -2.09. The van der Waals surface area contributed by atoms with Crippen LogP contribution in [0.2, 0.25) is 0 Å². The summed E-state index contributed by atoms with van der Waals surface area (Å²) in [6.07, 6.45) is 1.35. The molecule has 92 valence electrons. The van der Waals surface area contributed by atoms with Gasteiger partial charge in [0, 0.05) is 5.57 Å². The van der Waals surface area contributed by atoms with Gasteiger partial charge in [-0.3, -0.25) is 0 Å². The predicted octanol–water partition coefficient (Wildman–Crippen LogP) is 2.33. The molecule has 0 amide bonds. The van der Waals surface area contributed by atoms with Crippen molar-refractivity contribution in [3.05, 3.63) is 29.1 Å². The number of benzene rings is 1. The Kier molecular flexibility index (Phi) is 4.09. The van der Waals surface area contributed by atoms with Crippen LogP contribution in [0.15, 0.2) is 17.7 Å². The van der Waals surface area contributed by atoms with Crippen LogP contribution in [0.25, 0.3) is 6.08 Å². The summed E-state index contributed by atoms with van der Waals surface area (Å²) in [5.41, 5.74) is 0.511. The Balaban J connectivity index is 3.25. The van der Waals surface area contributed by atoms with Crippen molar-refractivity contribution < 1.29 is 23.8 Å². The minimum Gasteiger partial charge on any atom is -0.493 e. The Hall–Kier alpha value is -2.04. The molecule has 1 aromatic rings. The van der Waals surface area contributed by atoms with Gasteiger partial charge in [-0.05, 0) is 30.7 Å². The molecule has 0 radical (unpaired) electrons. The van der Waals surface area contributed by atoms with E-state index in [-0.39, 0.29) is 17.1 Å². The molecule has 0 aromatic heterocycles. The number of methoxy groups -OCH3 is 2. The molecule has 0 bridgehead atoms. The molecule has 5 heteroatoms. The van der Waals surface area contributed by atoms with Crippen molar-refractivity contribution in [1.82, 2.24) is 0 Å². The molecule has 1 rings (SSSR count). The highest BCUT2D eigenvalue weighted by atomic mass is 19.1. The van der Waals surface area contributed by atoms with Crippen LogP contribution in [0, 0.1) is 5.82 Å². The third-order valence-corrected chi connectivity index (χ3v) is 2.18. The number of carbonyl (C=O) groups is 1. The van der Waals surface area contributed by atoms with Gasteiger partial charge in [-0.25, -0.2) is 9.18 Å². The fourth-order valence-electron chi connectivity index (χ4n) is 1.33. The number of halogens is 1. The lowest BCUT2D eigenvalue weighted by atomic mass is 10.1. The summed E-state index contributed by atoms with van der Waals surface area (Å²) in [5.74, 6) is -1.44. The molecule has 0 saturated carbocycles. The molecule has 0 aliphatic carbocycles. The highest BCUT2D eigenvalue weighted by Gasteiger charge is 2.12. The maximum absolute atomic E-state index is 13.6. The first-order valence-corrected chi connectivity index (χ1v) is 4.82. The number of aliphatic carboxylic acids is 1. The van der Waals surface area contributed by atoms with Crippen LogP contribution in [-0.2, 0) is 4.79 Å². The number of hydrogen-bond acceptors (Lipinski definition) is 3. The Morgan fingerprint density at radius 2 is 2.00 bits per heavy atom. The minimum atomic E-state index is -1.06. The molecule has 0 saturated heterocycles. The van der Waals surface area contributed by atoms with Gasteiger partial charge in [0.15, 0.2) is 17.3 Å². The quantitative estimate of drug-likeness (QED) is 0.820. The Morgan fingerprint density at radius 3 is 2.47 bits per heavy atom. The number of carboxylic acid groups (broad SMARTS) is 1. The van der Waals surface area contributed by atoms with Crippen LogP contribution in [0.5, 0.6) is 11.5 Å². The maximum atomic E-state index is 13.6. The van der Waals surface area contributed by atoms with Crippen molar-refractivity contribution in [3.8, 4) is 11.5 Å². The zero-order chi connectivity index (χ0) is 13.0. The topological polar surface area (TPSA) is 55.8 Å². The standard InChI is InChI=1S/C12H13FO4/c1-7(12(14)15)4-8-5-9(13)11(17-3)10(6-8)16-2/h4-6H,1-3H3,(H,14,15). The van der Waals surface area contributed by atoms with Gasteiger partial charge in [0.05, 0.1) is 14.2 Å². The zero-order valence-corrected chi connectivity index (χ0v) is 9.78. The van der Waals surface area contributed by atoms with E-state index in [9.17, 15) is 9.18 Å². The molecule has 0 unspecified atom stereocenters. The monoisotopic (exact) mass is 240 g/mol. The van der Waals surface area contributed by atoms with Gasteiger partial charge in [-0.2, -0.15) is 0 Å². The Morgan fingerprint density at radius 1 is 1.35 bits per heavy atom. The molecule has 17 heavy (non-hydrogen) atoms. The van der Waals surface area contributed by atoms with Gasteiger partial charge < -0.3 is 14.6 Å². The first kappa shape index (κ1) is 13.0. The number of hydrogen-bond donors (Lipinski definition) is 1. The average Bonchev–Trinajstić information content (AvgIpc) is 2.27. The second-order valence-corrected chi connectivity index (χ2v) is 3.37. The summed E-state index contributed by atoms with van der Waals surface area (Å²) in [6, 6.07) is 2.70. The van der Waals surface area contributed by atoms with Gasteiger partial charge in [-0.15, -0.1) is 0 Å². The van der Waals surface area contributed by atoms with Crippen LogP contribution >= 0.6 is 0 Å². The molecule has 0 aliphatic rings. The molecular formula is C12H13FO4. The van der Waals surface area contributed by atoms with Crippen molar-refractivity contribution >= 4 is 12.0 Å². The fraction of sp³-hybridized carbons (Fsp3) is 0.250. The number of carboxylic acids is 1. The van der Waals surface area contributed by atoms with Gasteiger partial charge in [0.25, 0.3) is 0 Å². The Labute approximate surface area is 98.3 Å². The van der Waals surface area contributed by atoms with E-state index < -0.39 is 11.8 Å².